The molecule has 4 heteroatoms. The van der Waals surface area contributed by atoms with Crippen molar-refractivity contribution in [3.05, 3.63) is 66.4 Å². The summed E-state index contributed by atoms with van der Waals surface area (Å²) < 4.78 is 0. The fourth-order valence-corrected chi connectivity index (χ4v) is 3.68. The lowest BCUT2D eigenvalue weighted by atomic mass is 9.99. The van der Waals surface area contributed by atoms with Gasteiger partial charge in [0.25, 0.3) is 0 Å². The smallest absolute Gasteiger partial charge is 0.161 e. The van der Waals surface area contributed by atoms with Gasteiger partial charge >= 0.3 is 0 Å². The van der Waals surface area contributed by atoms with E-state index < -0.39 is 0 Å². The Morgan fingerprint density at radius 3 is 2.28 bits per heavy atom. The van der Waals surface area contributed by atoms with Gasteiger partial charge in [0.05, 0.1) is 0 Å². The van der Waals surface area contributed by atoms with Crippen LogP contribution in [-0.2, 0) is 0 Å². The zero-order chi connectivity index (χ0) is 17.6. The third-order valence-electron chi connectivity index (χ3n) is 3.87. The molecule has 0 amide bonds. The van der Waals surface area contributed by atoms with E-state index in [1.54, 1.807) is 11.8 Å². The molecule has 0 aliphatic rings. The summed E-state index contributed by atoms with van der Waals surface area (Å²) in [6, 6.07) is 20.8. The molecule has 0 aliphatic carbocycles. The first-order valence-corrected chi connectivity index (χ1v) is 9.40. The van der Waals surface area contributed by atoms with E-state index in [1.165, 1.54) is 5.56 Å². The van der Waals surface area contributed by atoms with E-state index >= 15 is 0 Å². The summed E-state index contributed by atoms with van der Waals surface area (Å²) in [5.74, 6) is 1.82. The summed E-state index contributed by atoms with van der Waals surface area (Å²) in [5.41, 5.74) is 4.43. The van der Waals surface area contributed by atoms with Crippen molar-refractivity contribution in [3.8, 4) is 22.5 Å². The lowest BCUT2D eigenvalue weighted by Gasteiger charge is -2.12. The van der Waals surface area contributed by atoms with E-state index in [1.807, 2.05) is 19.1 Å². The molecule has 3 rings (SSSR count). The first kappa shape index (κ1) is 17.6. The number of hydrogen-bond acceptors (Lipinski definition) is 4. The molecule has 1 heterocycles. The standard InChI is InChI=1S/C21H23N3S/c1-16-15-20(25-14-13-24(2)3)23-21(22-16)19-12-8-7-11-18(19)17-9-5-4-6-10-17/h4-12,15H,13-14H2,1-3H3. The highest BCUT2D eigenvalue weighted by Crippen LogP contribution is 2.31. The third-order valence-corrected chi connectivity index (χ3v) is 4.76. The maximum atomic E-state index is 4.82. The second-order valence-corrected chi connectivity index (χ2v) is 7.35. The minimum Gasteiger partial charge on any atom is -0.309 e. The van der Waals surface area contributed by atoms with Crippen molar-refractivity contribution < 1.29 is 0 Å². The topological polar surface area (TPSA) is 29.0 Å². The Morgan fingerprint density at radius 2 is 1.56 bits per heavy atom. The van der Waals surface area contributed by atoms with Gasteiger partial charge in [0.15, 0.2) is 5.82 Å². The van der Waals surface area contributed by atoms with E-state index in [0.29, 0.717) is 0 Å². The van der Waals surface area contributed by atoms with Gasteiger partial charge in [-0.2, -0.15) is 0 Å². The zero-order valence-corrected chi connectivity index (χ0v) is 15.8. The molecule has 0 aliphatic heterocycles. The Hall–Kier alpha value is -2.17. The molecule has 0 unspecified atom stereocenters. The van der Waals surface area contributed by atoms with Crippen LogP contribution in [0.5, 0.6) is 0 Å². The van der Waals surface area contributed by atoms with Crippen LogP contribution in [0.2, 0.25) is 0 Å². The summed E-state index contributed by atoms with van der Waals surface area (Å²) in [5, 5.41) is 1.03. The maximum absolute atomic E-state index is 4.82. The molecule has 2 aromatic carbocycles. The number of benzene rings is 2. The van der Waals surface area contributed by atoms with Crippen LogP contribution in [0.25, 0.3) is 22.5 Å². The SMILES string of the molecule is Cc1cc(SCCN(C)C)nc(-c2ccccc2-c2ccccc2)n1. The summed E-state index contributed by atoms with van der Waals surface area (Å²) in [4.78, 5) is 11.7. The number of nitrogens with zero attached hydrogens (tertiary/aromatic N) is 3. The normalized spacial score (nSPS) is 11.0. The van der Waals surface area contributed by atoms with Crippen molar-refractivity contribution in [2.45, 2.75) is 11.9 Å². The number of rotatable bonds is 6. The monoisotopic (exact) mass is 349 g/mol. The first-order valence-electron chi connectivity index (χ1n) is 8.41. The van der Waals surface area contributed by atoms with Crippen LogP contribution in [0.1, 0.15) is 5.69 Å². The van der Waals surface area contributed by atoms with Crippen LogP contribution in [-0.4, -0.2) is 41.3 Å². The van der Waals surface area contributed by atoms with Crippen LogP contribution in [0, 0.1) is 6.92 Å². The first-order chi connectivity index (χ1) is 12.1. The fourth-order valence-electron chi connectivity index (χ4n) is 2.61. The molecule has 0 atom stereocenters. The van der Waals surface area contributed by atoms with Crippen molar-refractivity contribution in [2.75, 3.05) is 26.4 Å². The van der Waals surface area contributed by atoms with Gasteiger partial charge in [0.1, 0.15) is 5.03 Å². The second kappa shape index (κ2) is 8.28. The van der Waals surface area contributed by atoms with Crippen LogP contribution < -0.4 is 0 Å². The lowest BCUT2D eigenvalue weighted by Crippen LogP contribution is -2.14. The van der Waals surface area contributed by atoms with Gasteiger partial charge < -0.3 is 4.90 Å². The Labute approximate surface area is 154 Å². The van der Waals surface area contributed by atoms with Gasteiger partial charge in [0.2, 0.25) is 0 Å². The molecule has 0 fully saturated rings. The van der Waals surface area contributed by atoms with Crippen LogP contribution in [0.4, 0.5) is 0 Å². The molecule has 0 radical (unpaired) electrons. The van der Waals surface area contributed by atoms with Gasteiger partial charge in [-0.1, -0.05) is 54.6 Å². The summed E-state index contributed by atoms with van der Waals surface area (Å²) in [6.45, 7) is 3.07. The molecular weight excluding hydrogens is 326 g/mol. The Kier molecular flexibility index (Phi) is 5.84. The number of aryl methyl sites for hydroxylation is 1. The van der Waals surface area contributed by atoms with E-state index in [0.717, 1.165) is 40.0 Å². The molecule has 25 heavy (non-hydrogen) atoms. The molecule has 1 aromatic heterocycles. The average molecular weight is 350 g/mol. The number of thioether (sulfide) groups is 1. The molecule has 0 spiro atoms. The predicted octanol–water partition coefficient (Wildman–Crippen LogP) is 4.77. The van der Waals surface area contributed by atoms with Gasteiger partial charge in [-0.05, 0) is 38.2 Å². The molecule has 3 nitrogen and oxygen atoms in total. The van der Waals surface area contributed by atoms with E-state index in [2.05, 4.69) is 67.5 Å². The predicted molar refractivity (Wildman–Crippen MR) is 107 cm³/mol. The van der Waals surface area contributed by atoms with E-state index in [4.69, 9.17) is 9.97 Å². The molecule has 0 saturated carbocycles. The van der Waals surface area contributed by atoms with Crippen molar-refractivity contribution >= 4 is 11.8 Å². The van der Waals surface area contributed by atoms with E-state index in [-0.39, 0.29) is 0 Å². The highest BCUT2D eigenvalue weighted by Gasteiger charge is 2.11. The highest BCUT2D eigenvalue weighted by atomic mass is 32.2. The van der Waals surface area contributed by atoms with Gasteiger partial charge in [0, 0.05) is 23.6 Å². The van der Waals surface area contributed by atoms with E-state index in [9.17, 15) is 0 Å². The minimum absolute atomic E-state index is 0.798. The van der Waals surface area contributed by atoms with Crippen molar-refractivity contribution in [1.29, 1.82) is 0 Å². The molecular formula is C21H23N3S. The summed E-state index contributed by atoms with van der Waals surface area (Å²) in [6.07, 6.45) is 0. The summed E-state index contributed by atoms with van der Waals surface area (Å²) in [7, 11) is 4.18. The zero-order valence-electron chi connectivity index (χ0n) is 14.9. The average Bonchev–Trinajstić information content (AvgIpc) is 2.62. The quantitative estimate of drug-likeness (QED) is 0.473. The van der Waals surface area contributed by atoms with Gasteiger partial charge in [-0.15, -0.1) is 11.8 Å². The van der Waals surface area contributed by atoms with Crippen LogP contribution >= 0.6 is 11.8 Å². The number of hydrogen-bond donors (Lipinski definition) is 0. The largest absolute Gasteiger partial charge is 0.309 e. The number of aromatic nitrogens is 2. The minimum atomic E-state index is 0.798. The Bertz CT molecular complexity index is 832. The summed E-state index contributed by atoms with van der Waals surface area (Å²) >= 11 is 1.78. The van der Waals surface area contributed by atoms with Crippen molar-refractivity contribution in [2.24, 2.45) is 0 Å². The van der Waals surface area contributed by atoms with Crippen LogP contribution in [0.15, 0.2) is 65.7 Å². The highest BCUT2D eigenvalue weighted by molar-refractivity contribution is 7.99. The fraction of sp³-hybridized carbons (Fsp3) is 0.238. The second-order valence-electron chi connectivity index (χ2n) is 6.23. The lowest BCUT2D eigenvalue weighted by molar-refractivity contribution is 0.437. The van der Waals surface area contributed by atoms with Crippen LogP contribution in [0.3, 0.4) is 0 Å². The molecule has 0 saturated heterocycles. The van der Waals surface area contributed by atoms with Gasteiger partial charge in [-0.25, -0.2) is 9.97 Å². The molecule has 0 N–H and O–H groups in total. The van der Waals surface area contributed by atoms with Crippen molar-refractivity contribution in [1.82, 2.24) is 14.9 Å². The third kappa shape index (κ3) is 4.68. The Balaban J connectivity index is 1.96. The molecule has 0 bridgehead atoms. The molecule has 128 valence electrons. The Morgan fingerprint density at radius 1 is 0.880 bits per heavy atom. The van der Waals surface area contributed by atoms with Crippen molar-refractivity contribution in [3.63, 3.8) is 0 Å². The maximum Gasteiger partial charge on any atom is 0.161 e. The molecule has 3 aromatic rings. The van der Waals surface area contributed by atoms with Gasteiger partial charge in [-0.3, -0.25) is 0 Å².